The highest BCUT2D eigenvalue weighted by Gasteiger charge is 2.52. The standard InChI is InChI=1S/C65H91N2O16P/c1-10-16-19-22-24-26-27-28-29-30-31-34-36-40-53(69)50-57(70)67-59-63(74-47-38-35-32-25-23-20-17-11-2)60(80-52(7)68)55(81-65(59)76-44-13-4)42-39-48-77-64-58(66)62(75-49-43-54(73-9)41-37-33-21-18-12-3)61(56(82-64)51-72-8)83-84(71,78-45-14-5)79-46-15-6/h1,13-15,44,54-56,58-65H,5-6,11-12,17-18,20-21,23,25,32-33,35,37-43,45-51,66H2,2-4,7-9H3,(H,67,70)/b44-13-/t54-,55-,56-,58-,59-,60-,61-,62-,63-,64-,65+/m1/s1. The Morgan fingerprint density at radius 2 is 1.26 bits per heavy atom. The van der Waals surface area contributed by atoms with Gasteiger partial charge in [0.15, 0.2) is 18.2 Å². The molecule has 0 saturated carbocycles. The van der Waals surface area contributed by atoms with Crippen LogP contribution in [0.5, 0.6) is 0 Å². The summed E-state index contributed by atoms with van der Waals surface area (Å²) in [6.07, 6.45) is 17.9. The average molecular weight is 1190 g/mol. The number of carbonyl (C=O) groups excluding carboxylic acids is 3. The highest BCUT2D eigenvalue weighted by molar-refractivity contribution is 7.48. The number of phosphoric acid groups is 1. The molecule has 462 valence electrons. The van der Waals surface area contributed by atoms with E-state index in [4.69, 9.17) is 68.4 Å². The Hall–Kier alpha value is -5.66. The molecule has 1 amide bonds. The number of esters is 1. The zero-order valence-electron chi connectivity index (χ0n) is 50.4. The Bertz CT molecular complexity index is 2460. The van der Waals surface area contributed by atoms with Crippen LogP contribution in [0.15, 0.2) is 37.6 Å². The topological polar surface area (TPSA) is 217 Å². The smallest absolute Gasteiger partial charge is 0.471 e. The molecule has 84 heavy (non-hydrogen) atoms. The Balaban J connectivity index is 2.41. The van der Waals surface area contributed by atoms with Crippen LogP contribution in [0.25, 0.3) is 0 Å². The lowest BCUT2D eigenvalue weighted by atomic mass is 9.93. The zero-order valence-corrected chi connectivity index (χ0v) is 51.3. The van der Waals surface area contributed by atoms with Crippen LogP contribution in [0.2, 0.25) is 0 Å². The molecule has 0 aromatic heterocycles. The summed E-state index contributed by atoms with van der Waals surface area (Å²) in [5.74, 6) is 30.3. The number of nitrogens with one attached hydrogen (secondary N) is 1. The van der Waals surface area contributed by atoms with Gasteiger partial charge in [0.1, 0.15) is 36.6 Å². The van der Waals surface area contributed by atoms with E-state index < -0.39 is 93.2 Å². The molecule has 0 aliphatic carbocycles. The van der Waals surface area contributed by atoms with E-state index in [0.29, 0.717) is 19.3 Å². The summed E-state index contributed by atoms with van der Waals surface area (Å²) in [6.45, 7) is 14.9. The minimum Gasteiger partial charge on any atom is -0.471 e. The van der Waals surface area contributed by atoms with E-state index in [2.05, 4.69) is 109 Å². The molecular weight excluding hydrogens is 1100 g/mol. The molecule has 2 aliphatic heterocycles. The number of rotatable bonds is 43. The first kappa shape index (κ1) is 74.4. The fourth-order valence-electron chi connectivity index (χ4n) is 8.95. The lowest BCUT2D eigenvalue weighted by Gasteiger charge is -2.46. The maximum absolute atomic E-state index is 14.1. The van der Waals surface area contributed by atoms with E-state index in [0.717, 1.165) is 64.2 Å². The van der Waals surface area contributed by atoms with Gasteiger partial charge in [-0.15, -0.1) is 19.6 Å². The van der Waals surface area contributed by atoms with E-state index >= 15 is 0 Å². The van der Waals surface area contributed by atoms with Gasteiger partial charge in [-0.2, -0.15) is 0 Å². The molecule has 2 heterocycles. The SMILES string of the molecule is C#CC#CC#CC#CC#CC#CC#CCC(=O)CC(=O)N[C@H]1[C@@H](O/C=C\C)O[C@H](CCCO[C@@H]2O[C@H](COC)[C@@H](OP(=O)(OCC=C)OCC=C)[C@H](OCC[C@@H](CCCCCCC)OC)[C@H]2N)[C@@H](OC(C)=O)[C@@H]1OCCCCCCCCCC. The van der Waals surface area contributed by atoms with Gasteiger partial charge >= 0.3 is 13.8 Å². The molecule has 19 heteroatoms. The maximum Gasteiger partial charge on any atom is 0.475 e. The lowest BCUT2D eigenvalue weighted by Crippen LogP contribution is -2.65. The van der Waals surface area contributed by atoms with Crippen molar-refractivity contribution >= 4 is 25.5 Å². The highest BCUT2D eigenvalue weighted by Crippen LogP contribution is 2.52. The van der Waals surface area contributed by atoms with Gasteiger partial charge in [0, 0.05) is 41.0 Å². The molecular formula is C65H91N2O16P. The number of nitrogens with two attached hydrogens (primary N) is 1. The van der Waals surface area contributed by atoms with Gasteiger partial charge in [-0.05, 0) is 110 Å². The van der Waals surface area contributed by atoms with Crippen molar-refractivity contribution in [2.75, 3.05) is 53.9 Å². The number of ketones is 1. The van der Waals surface area contributed by atoms with Crippen molar-refractivity contribution in [2.24, 2.45) is 5.73 Å². The maximum atomic E-state index is 14.1. The second-order valence-electron chi connectivity index (χ2n) is 19.7. The Kier molecular flexibility index (Phi) is 42.2. The number of terminal acetylenes is 1. The van der Waals surface area contributed by atoms with Crippen LogP contribution in [-0.4, -0.2) is 139 Å². The first-order valence-corrected chi connectivity index (χ1v) is 30.7. The number of hydrogen-bond acceptors (Lipinski definition) is 17. The lowest BCUT2D eigenvalue weighted by molar-refractivity contribution is -0.275. The van der Waals surface area contributed by atoms with E-state index in [-0.39, 0.29) is 58.6 Å². The number of phosphoric ester groups is 1. The Labute approximate surface area is 501 Å². The zero-order chi connectivity index (χ0) is 61.5. The molecule has 2 rings (SSSR count). The van der Waals surface area contributed by atoms with Crippen LogP contribution in [0.3, 0.4) is 0 Å². The van der Waals surface area contributed by atoms with Gasteiger partial charge < -0.3 is 53.7 Å². The molecule has 0 bridgehead atoms. The predicted octanol–water partition coefficient (Wildman–Crippen LogP) is 8.75. The highest BCUT2D eigenvalue weighted by atomic mass is 31.2. The predicted molar refractivity (Wildman–Crippen MR) is 321 cm³/mol. The molecule has 0 aromatic carbocycles. The summed E-state index contributed by atoms with van der Waals surface area (Å²) in [4.78, 5) is 39.7. The average Bonchev–Trinajstić information content (AvgIpc) is 1.96. The normalized spacial score (nSPS) is 21.9. The summed E-state index contributed by atoms with van der Waals surface area (Å²) < 4.78 is 87.5. The van der Waals surface area contributed by atoms with Gasteiger partial charge in [-0.1, -0.05) is 115 Å². The van der Waals surface area contributed by atoms with Crippen LogP contribution < -0.4 is 11.1 Å². The van der Waals surface area contributed by atoms with Crippen LogP contribution >= 0.6 is 7.82 Å². The van der Waals surface area contributed by atoms with Crippen LogP contribution in [0.1, 0.15) is 150 Å². The third kappa shape index (κ3) is 32.0. The Morgan fingerprint density at radius 1 is 0.690 bits per heavy atom. The van der Waals surface area contributed by atoms with Gasteiger partial charge in [-0.25, -0.2) is 4.57 Å². The molecule has 3 N–H and O–H groups in total. The van der Waals surface area contributed by atoms with Crippen molar-refractivity contribution in [1.29, 1.82) is 0 Å². The first-order valence-electron chi connectivity index (χ1n) is 29.3. The van der Waals surface area contributed by atoms with Crippen LogP contribution in [0.4, 0.5) is 0 Å². The first-order chi connectivity index (χ1) is 40.8. The summed E-state index contributed by atoms with van der Waals surface area (Å²) >= 11 is 0. The molecule has 2 fully saturated rings. The van der Waals surface area contributed by atoms with Crippen LogP contribution in [-0.2, 0) is 75.2 Å². The number of methoxy groups -OCH3 is 2. The van der Waals surface area contributed by atoms with Crippen molar-refractivity contribution in [3.8, 4) is 83.4 Å². The monoisotopic (exact) mass is 1190 g/mol. The fraction of sp³-hybridized carbons (Fsp3) is 0.646. The van der Waals surface area contributed by atoms with Gasteiger partial charge in [0.2, 0.25) is 12.2 Å². The molecule has 0 radical (unpaired) electrons. The van der Waals surface area contributed by atoms with E-state index in [9.17, 15) is 18.9 Å². The minimum absolute atomic E-state index is 0.0426. The summed E-state index contributed by atoms with van der Waals surface area (Å²) in [7, 11) is -1.12. The molecule has 0 spiro atoms. The van der Waals surface area contributed by atoms with Crippen LogP contribution in [0, 0.1) is 83.4 Å². The van der Waals surface area contributed by atoms with E-state index in [1.165, 1.54) is 51.7 Å². The molecule has 2 aliphatic rings. The number of carbonyl (C=O) groups is 3. The van der Waals surface area contributed by atoms with Crippen molar-refractivity contribution in [3.63, 3.8) is 0 Å². The van der Waals surface area contributed by atoms with Crippen molar-refractivity contribution in [2.45, 2.75) is 217 Å². The summed E-state index contributed by atoms with van der Waals surface area (Å²) in [5, 5.41) is 2.89. The minimum atomic E-state index is -4.29. The second kappa shape index (κ2) is 47.6. The van der Waals surface area contributed by atoms with Crippen molar-refractivity contribution < 1.29 is 75.2 Å². The number of amides is 1. The number of ether oxygens (including phenoxy) is 9. The molecule has 11 atom stereocenters. The fourth-order valence-corrected chi connectivity index (χ4v) is 10.3. The molecule has 18 nitrogen and oxygen atoms in total. The number of hydrogen-bond donors (Lipinski definition) is 2. The number of Topliss-reactive ketones (excluding diaryl/α,β-unsaturated/α-hetero) is 1. The second-order valence-corrected chi connectivity index (χ2v) is 21.3. The molecule has 2 saturated heterocycles. The molecule has 0 unspecified atom stereocenters. The largest absolute Gasteiger partial charge is 0.475 e. The van der Waals surface area contributed by atoms with Gasteiger partial charge in [0.25, 0.3) is 0 Å². The number of allylic oxidation sites excluding steroid dienone is 1. The molecule has 0 aromatic rings. The van der Waals surface area contributed by atoms with Gasteiger partial charge in [0.05, 0.1) is 51.1 Å². The third-order valence-electron chi connectivity index (χ3n) is 13.0. The quantitative estimate of drug-likeness (QED) is 0.0111. The third-order valence-corrected chi connectivity index (χ3v) is 14.4. The Morgan fingerprint density at radius 3 is 1.85 bits per heavy atom. The van der Waals surface area contributed by atoms with Crippen molar-refractivity contribution in [1.82, 2.24) is 5.32 Å². The summed E-state index contributed by atoms with van der Waals surface area (Å²) in [6, 6.07) is -2.05. The van der Waals surface area contributed by atoms with Gasteiger partial charge in [-0.3, -0.25) is 28.0 Å². The van der Waals surface area contributed by atoms with Crippen molar-refractivity contribution in [3.05, 3.63) is 37.6 Å². The van der Waals surface area contributed by atoms with E-state index in [1.54, 1.807) is 20.1 Å². The van der Waals surface area contributed by atoms with E-state index in [1.807, 2.05) is 0 Å². The number of unbranched alkanes of at least 4 members (excludes halogenated alkanes) is 11. The summed E-state index contributed by atoms with van der Waals surface area (Å²) in [5.41, 5.74) is 6.98.